The van der Waals surface area contributed by atoms with E-state index in [4.69, 9.17) is 14.2 Å². The molecule has 0 aromatic heterocycles. The van der Waals surface area contributed by atoms with Crippen LogP contribution in [0, 0.1) is 0 Å². The zero-order chi connectivity index (χ0) is 17.5. The van der Waals surface area contributed by atoms with E-state index in [1.165, 1.54) is 0 Å². The molecule has 2 heterocycles. The Bertz CT molecular complexity index is 403. The standard InChI is InChI=1S/C17H34N4O3/c1-16(2,21-7-11-24-12-8-21)13-19-15(18-3)20-14-17(22-4)5-9-23-10-6-17/h5-14H2,1-4H3,(H2,18,19,20). The Balaban J connectivity index is 1.81. The summed E-state index contributed by atoms with van der Waals surface area (Å²) in [4.78, 5) is 6.81. The molecule has 24 heavy (non-hydrogen) atoms. The van der Waals surface area contributed by atoms with Crippen LogP contribution in [0.1, 0.15) is 26.7 Å². The van der Waals surface area contributed by atoms with Crippen LogP contribution in [-0.2, 0) is 14.2 Å². The van der Waals surface area contributed by atoms with Gasteiger partial charge in [-0.25, -0.2) is 0 Å². The second kappa shape index (κ2) is 8.99. The smallest absolute Gasteiger partial charge is 0.191 e. The number of rotatable bonds is 6. The van der Waals surface area contributed by atoms with Gasteiger partial charge >= 0.3 is 0 Å². The van der Waals surface area contributed by atoms with Crippen LogP contribution in [0.5, 0.6) is 0 Å². The molecular formula is C17H34N4O3. The fourth-order valence-corrected chi connectivity index (χ4v) is 3.24. The van der Waals surface area contributed by atoms with Crippen molar-refractivity contribution in [2.24, 2.45) is 4.99 Å². The van der Waals surface area contributed by atoms with Crippen LogP contribution < -0.4 is 10.6 Å². The SMILES string of the molecule is CN=C(NCC1(OC)CCOCC1)NCC(C)(C)N1CCOCC1. The van der Waals surface area contributed by atoms with Gasteiger partial charge in [-0.05, 0) is 13.8 Å². The fraction of sp³-hybridized carbons (Fsp3) is 0.941. The summed E-state index contributed by atoms with van der Waals surface area (Å²) < 4.78 is 16.7. The summed E-state index contributed by atoms with van der Waals surface area (Å²) in [5.41, 5.74) is -0.103. The number of nitrogens with one attached hydrogen (secondary N) is 2. The molecule has 140 valence electrons. The third-order valence-corrected chi connectivity index (χ3v) is 5.19. The second-order valence-electron chi connectivity index (χ2n) is 7.19. The topological polar surface area (TPSA) is 67.4 Å². The Morgan fingerprint density at radius 1 is 1.12 bits per heavy atom. The van der Waals surface area contributed by atoms with Gasteiger partial charge in [0.1, 0.15) is 0 Å². The molecule has 7 nitrogen and oxygen atoms in total. The third kappa shape index (κ3) is 5.31. The van der Waals surface area contributed by atoms with E-state index < -0.39 is 0 Å². The molecule has 0 bridgehead atoms. The highest BCUT2D eigenvalue weighted by molar-refractivity contribution is 5.79. The minimum absolute atomic E-state index is 0.0546. The van der Waals surface area contributed by atoms with Crippen molar-refractivity contribution >= 4 is 5.96 Å². The van der Waals surface area contributed by atoms with Gasteiger partial charge in [0.2, 0.25) is 0 Å². The van der Waals surface area contributed by atoms with Crippen molar-refractivity contribution in [1.82, 2.24) is 15.5 Å². The molecule has 0 spiro atoms. The van der Waals surface area contributed by atoms with Crippen molar-refractivity contribution in [1.29, 1.82) is 0 Å². The van der Waals surface area contributed by atoms with E-state index in [9.17, 15) is 0 Å². The Hall–Kier alpha value is -0.890. The first kappa shape index (κ1) is 19.4. The average molecular weight is 342 g/mol. The number of hydrogen-bond acceptors (Lipinski definition) is 5. The van der Waals surface area contributed by atoms with Gasteiger partial charge in [0.25, 0.3) is 0 Å². The van der Waals surface area contributed by atoms with E-state index in [1.807, 2.05) is 0 Å². The average Bonchev–Trinajstić information content (AvgIpc) is 2.63. The Morgan fingerprint density at radius 2 is 1.75 bits per heavy atom. The number of guanidine groups is 1. The first-order chi connectivity index (χ1) is 11.5. The maximum Gasteiger partial charge on any atom is 0.191 e. The van der Waals surface area contributed by atoms with Gasteiger partial charge in [-0.2, -0.15) is 0 Å². The van der Waals surface area contributed by atoms with Gasteiger partial charge in [-0.3, -0.25) is 9.89 Å². The number of hydrogen-bond donors (Lipinski definition) is 2. The summed E-state index contributed by atoms with van der Waals surface area (Å²) in [6.07, 6.45) is 1.82. The molecule has 2 saturated heterocycles. The third-order valence-electron chi connectivity index (χ3n) is 5.19. The van der Waals surface area contributed by atoms with E-state index in [1.54, 1.807) is 14.2 Å². The van der Waals surface area contributed by atoms with Crippen LogP contribution in [-0.4, -0.2) is 88.8 Å². The van der Waals surface area contributed by atoms with Gasteiger partial charge < -0.3 is 24.8 Å². The zero-order valence-electron chi connectivity index (χ0n) is 15.7. The van der Waals surface area contributed by atoms with Crippen molar-refractivity contribution in [2.45, 2.75) is 37.8 Å². The maximum absolute atomic E-state index is 5.77. The lowest BCUT2D eigenvalue weighted by atomic mass is 9.94. The molecule has 0 amide bonds. The molecule has 0 aromatic rings. The Labute approximate surface area is 146 Å². The fourth-order valence-electron chi connectivity index (χ4n) is 3.24. The number of morpholine rings is 1. The van der Waals surface area contributed by atoms with Crippen molar-refractivity contribution in [3.05, 3.63) is 0 Å². The molecule has 7 heteroatoms. The lowest BCUT2D eigenvalue weighted by molar-refractivity contribution is -0.0855. The molecule has 0 aromatic carbocycles. The van der Waals surface area contributed by atoms with Crippen LogP contribution >= 0.6 is 0 Å². The molecule has 0 aliphatic carbocycles. The number of ether oxygens (including phenoxy) is 3. The minimum atomic E-state index is -0.157. The molecule has 2 aliphatic heterocycles. The van der Waals surface area contributed by atoms with Crippen molar-refractivity contribution < 1.29 is 14.2 Å². The van der Waals surface area contributed by atoms with Gasteiger partial charge in [-0.15, -0.1) is 0 Å². The molecule has 2 aliphatic rings. The zero-order valence-corrected chi connectivity index (χ0v) is 15.7. The number of aliphatic imine (C=N–C) groups is 1. The van der Waals surface area contributed by atoms with Gasteiger partial charge in [-0.1, -0.05) is 0 Å². The lowest BCUT2D eigenvalue weighted by Gasteiger charge is -2.41. The summed E-state index contributed by atoms with van der Waals surface area (Å²) in [6, 6.07) is 0. The molecule has 0 atom stereocenters. The highest BCUT2D eigenvalue weighted by atomic mass is 16.5. The van der Waals surface area contributed by atoms with Crippen LogP contribution in [0.25, 0.3) is 0 Å². The monoisotopic (exact) mass is 342 g/mol. The molecule has 0 unspecified atom stereocenters. The van der Waals surface area contributed by atoms with Crippen molar-refractivity contribution in [3.63, 3.8) is 0 Å². The molecule has 0 radical (unpaired) electrons. The molecule has 2 fully saturated rings. The first-order valence-electron chi connectivity index (χ1n) is 8.92. The summed E-state index contributed by atoms with van der Waals surface area (Å²) in [7, 11) is 3.59. The summed E-state index contributed by atoms with van der Waals surface area (Å²) in [5, 5.41) is 6.88. The van der Waals surface area contributed by atoms with E-state index in [2.05, 4.69) is 34.4 Å². The van der Waals surface area contributed by atoms with Gasteiger partial charge in [0.05, 0.1) is 18.8 Å². The van der Waals surface area contributed by atoms with E-state index >= 15 is 0 Å². The normalized spacial score (nSPS) is 23.1. The summed E-state index contributed by atoms with van der Waals surface area (Å²) >= 11 is 0. The van der Waals surface area contributed by atoms with Crippen LogP contribution in [0.4, 0.5) is 0 Å². The lowest BCUT2D eigenvalue weighted by Crippen LogP contribution is -2.57. The molecule has 2 N–H and O–H groups in total. The van der Waals surface area contributed by atoms with E-state index in [-0.39, 0.29) is 11.1 Å². The molecule has 0 saturated carbocycles. The largest absolute Gasteiger partial charge is 0.381 e. The highest BCUT2D eigenvalue weighted by Crippen LogP contribution is 2.23. The number of methoxy groups -OCH3 is 1. The Morgan fingerprint density at radius 3 is 2.33 bits per heavy atom. The van der Waals surface area contributed by atoms with Crippen LogP contribution in [0.2, 0.25) is 0 Å². The van der Waals surface area contributed by atoms with Gasteiger partial charge in [0.15, 0.2) is 5.96 Å². The van der Waals surface area contributed by atoms with Crippen LogP contribution in [0.15, 0.2) is 4.99 Å². The van der Waals surface area contributed by atoms with E-state index in [0.717, 1.165) is 71.4 Å². The summed E-state index contributed by atoms with van der Waals surface area (Å²) in [6.45, 7) is 11.2. The maximum atomic E-state index is 5.77. The molecular weight excluding hydrogens is 308 g/mol. The minimum Gasteiger partial charge on any atom is -0.381 e. The summed E-state index contributed by atoms with van der Waals surface area (Å²) in [5.74, 6) is 0.819. The number of nitrogens with zero attached hydrogens (tertiary/aromatic N) is 2. The van der Waals surface area contributed by atoms with E-state index in [0.29, 0.717) is 0 Å². The van der Waals surface area contributed by atoms with Crippen molar-refractivity contribution in [2.75, 3.05) is 66.8 Å². The molecule has 2 rings (SSSR count). The quantitative estimate of drug-likeness (QED) is 0.540. The van der Waals surface area contributed by atoms with Crippen molar-refractivity contribution in [3.8, 4) is 0 Å². The van der Waals surface area contributed by atoms with Crippen LogP contribution in [0.3, 0.4) is 0 Å². The highest BCUT2D eigenvalue weighted by Gasteiger charge is 2.33. The predicted octanol–water partition coefficient (Wildman–Crippen LogP) is 0.458. The van der Waals surface area contributed by atoms with Gasteiger partial charge in [0, 0.05) is 71.9 Å². The predicted molar refractivity (Wildman–Crippen MR) is 95.6 cm³/mol. The second-order valence-corrected chi connectivity index (χ2v) is 7.19. The Kier molecular flexibility index (Phi) is 7.28. The first-order valence-corrected chi connectivity index (χ1v) is 8.92.